The highest BCUT2D eigenvalue weighted by Gasteiger charge is 2.32. The Balaban J connectivity index is 1.59. The lowest BCUT2D eigenvalue weighted by atomic mass is 10.1. The number of carbonyl (C=O) groups excluding carboxylic acids is 1. The second-order valence-electron chi connectivity index (χ2n) is 7.18. The molecule has 0 saturated carbocycles. The Morgan fingerprint density at radius 2 is 1.50 bits per heavy atom. The predicted octanol–water partition coefficient (Wildman–Crippen LogP) is 4.94. The van der Waals surface area contributed by atoms with Crippen molar-refractivity contribution >= 4 is 35.0 Å². The van der Waals surface area contributed by atoms with E-state index in [2.05, 4.69) is 5.32 Å². The minimum absolute atomic E-state index is 0.251. The van der Waals surface area contributed by atoms with Gasteiger partial charge in [-0.1, -0.05) is 36.4 Å². The fourth-order valence-corrected chi connectivity index (χ4v) is 3.84. The van der Waals surface area contributed by atoms with Crippen LogP contribution in [0.2, 0.25) is 0 Å². The van der Waals surface area contributed by atoms with Crippen molar-refractivity contribution in [2.75, 3.05) is 4.90 Å². The largest absolute Gasteiger partial charge is 0.327 e. The van der Waals surface area contributed by atoms with Crippen molar-refractivity contribution in [1.82, 2.24) is 15.1 Å². The van der Waals surface area contributed by atoms with Crippen molar-refractivity contribution < 1.29 is 9.18 Å². The van der Waals surface area contributed by atoms with Crippen LogP contribution < -0.4 is 10.2 Å². The Hall–Kier alpha value is -4.10. The van der Waals surface area contributed by atoms with Crippen LogP contribution in [-0.4, -0.2) is 20.8 Å². The van der Waals surface area contributed by atoms with Gasteiger partial charge in [-0.05, 0) is 66.8 Å². The average Bonchev–Trinajstić information content (AvgIpc) is 3.36. The van der Waals surface area contributed by atoms with Gasteiger partial charge in [0.2, 0.25) is 0 Å². The number of carbonyl (C=O) groups is 1. The standard InChI is InChI=1S/C25H17FN4OS/c26-19-13-11-17(12-14-19)23-18(16-29(28-23)20-7-3-1-4-8-20)15-22-24(31)30(25(32)27-22)21-9-5-2-6-10-21/h1-16H,(H,27,32)/b22-15-. The summed E-state index contributed by atoms with van der Waals surface area (Å²) in [6.07, 6.45) is 3.56. The van der Waals surface area contributed by atoms with Crippen LogP contribution in [-0.2, 0) is 4.79 Å². The first-order valence-electron chi connectivity index (χ1n) is 9.93. The molecule has 3 aromatic carbocycles. The Labute approximate surface area is 189 Å². The first-order valence-corrected chi connectivity index (χ1v) is 10.3. The van der Waals surface area contributed by atoms with Gasteiger partial charge in [0.25, 0.3) is 5.91 Å². The molecule has 0 atom stereocenters. The summed E-state index contributed by atoms with van der Waals surface area (Å²) < 4.78 is 15.2. The minimum Gasteiger partial charge on any atom is -0.327 e. The van der Waals surface area contributed by atoms with Gasteiger partial charge in [0.05, 0.1) is 11.4 Å². The molecule has 1 aliphatic rings. The van der Waals surface area contributed by atoms with Crippen LogP contribution in [0.4, 0.5) is 10.1 Å². The first-order chi connectivity index (χ1) is 15.6. The summed E-state index contributed by atoms with van der Waals surface area (Å²) in [5, 5.41) is 8.03. The summed E-state index contributed by atoms with van der Waals surface area (Å²) >= 11 is 5.41. The van der Waals surface area contributed by atoms with Crippen LogP contribution in [0, 0.1) is 5.82 Å². The van der Waals surface area contributed by atoms with Crippen LogP contribution in [0.1, 0.15) is 5.56 Å². The maximum absolute atomic E-state index is 13.5. The lowest BCUT2D eigenvalue weighted by Crippen LogP contribution is -2.30. The third-order valence-corrected chi connectivity index (χ3v) is 5.36. The highest BCUT2D eigenvalue weighted by molar-refractivity contribution is 7.80. The fraction of sp³-hybridized carbons (Fsp3) is 0. The van der Waals surface area contributed by atoms with E-state index in [-0.39, 0.29) is 11.7 Å². The molecule has 5 rings (SSSR count). The van der Waals surface area contributed by atoms with E-state index in [9.17, 15) is 9.18 Å². The average molecular weight is 441 g/mol. The van der Waals surface area contributed by atoms with Crippen LogP contribution in [0.3, 0.4) is 0 Å². The topological polar surface area (TPSA) is 50.2 Å². The number of hydrogen-bond acceptors (Lipinski definition) is 3. The molecule has 1 aromatic heterocycles. The molecule has 0 radical (unpaired) electrons. The molecule has 0 unspecified atom stereocenters. The van der Waals surface area contributed by atoms with E-state index in [0.29, 0.717) is 27.8 Å². The van der Waals surface area contributed by atoms with Crippen molar-refractivity contribution in [2.24, 2.45) is 0 Å². The number of benzene rings is 3. The molecule has 32 heavy (non-hydrogen) atoms. The number of amides is 1. The Morgan fingerprint density at radius 1 is 0.875 bits per heavy atom. The number of anilines is 1. The summed E-state index contributed by atoms with van der Waals surface area (Å²) in [6.45, 7) is 0. The molecule has 5 nitrogen and oxygen atoms in total. The molecule has 0 spiro atoms. The van der Waals surface area contributed by atoms with Gasteiger partial charge in [-0.25, -0.2) is 9.07 Å². The SMILES string of the molecule is O=C1/C(=C/c2cn(-c3ccccc3)nc2-c2ccc(F)cc2)NC(=S)N1c1ccccc1. The second-order valence-corrected chi connectivity index (χ2v) is 7.57. The number of aromatic nitrogens is 2. The molecular weight excluding hydrogens is 423 g/mol. The van der Waals surface area contributed by atoms with Crippen molar-refractivity contribution in [2.45, 2.75) is 0 Å². The number of nitrogens with zero attached hydrogens (tertiary/aromatic N) is 3. The van der Waals surface area contributed by atoms with E-state index in [1.54, 1.807) is 22.9 Å². The Bertz CT molecular complexity index is 1330. The van der Waals surface area contributed by atoms with Crippen molar-refractivity contribution in [3.05, 3.63) is 108 Å². The van der Waals surface area contributed by atoms with Crippen LogP contribution in [0.25, 0.3) is 23.0 Å². The second kappa shape index (κ2) is 8.20. The molecule has 1 N–H and O–H groups in total. The molecule has 0 aliphatic carbocycles. The Morgan fingerprint density at radius 3 is 2.16 bits per heavy atom. The highest BCUT2D eigenvalue weighted by Crippen LogP contribution is 2.28. The number of nitrogens with one attached hydrogen (secondary N) is 1. The molecule has 1 amide bonds. The predicted molar refractivity (Wildman–Crippen MR) is 127 cm³/mol. The van der Waals surface area contributed by atoms with Gasteiger partial charge in [0.15, 0.2) is 5.11 Å². The van der Waals surface area contributed by atoms with Crippen LogP contribution in [0.15, 0.2) is 96.8 Å². The molecule has 1 fully saturated rings. The molecule has 7 heteroatoms. The van der Waals surface area contributed by atoms with E-state index in [4.69, 9.17) is 17.3 Å². The summed E-state index contributed by atoms with van der Waals surface area (Å²) in [5.74, 6) is -0.577. The first kappa shape index (κ1) is 19.8. The third kappa shape index (κ3) is 3.70. The molecule has 156 valence electrons. The normalized spacial score (nSPS) is 14.8. The zero-order valence-electron chi connectivity index (χ0n) is 16.8. The maximum Gasteiger partial charge on any atom is 0.281 e. The van der Waals surface area contributed by atoms with Crippen molar-refractivity contribution in [3.8, 4) is 16.9 Å². The van der Waals surface area contributed by atoms with Crippen molar-refractivity contribution in [1.29, 1.82) is 0 Å². The molecule has 4 aromatic rings. The van der Waals surface area contributed by atoms with Gasteiger partial charge < -0.3 is 5.32 Å². The van der Waals surface area contributed by atoms with Gasteiger partial charge >= 0.3 is 0 Å². The van der Waals surface area contributed by atoms with E-state index < -0.39 is 0 Å². The zero-order chi connectivity index (χ0) is 22.1. The minimum atomic E-state index is -0.326. The fourth-order valence-electron chi connectivity index (χ4n) is 3.54. The smallest absolute Gasteiger partial charge is 0.281 e. The summed E-state index contributed by atoms with van der Waals surface area (Å²) in [6, 6.07) is 25.0. The number of thiocarbonyl (C=S) groups is 1. The summed E-state index contributed by atoms with van der Waals surface area (Å²) in [7, 11) is 0. The number of hydrogen-bond donors (Lipinski definition) is 1. The molecule has 0 bridgehead atoms. The van der Waals surface area contributed by atoms with E-state index >= 15 is 0 Å². The van der Waals surface area contributed by atoms with Crippen molar-refractivity contribution in [3.63, 3.8) is 0 Å². The summed E-state index contributed by atoms with van der Waals surface area (Å²) in [4.78, 5) is 14.6. The van der Waals surface area contributed by atoms with E-state index in [0.717, 1.165) is 11.3 Å². The lowest BCUT2D eigenvalue weighted by Gasteiger charge is -2.13. The lowest BCUT2D eigenvalue weighted by molar-refractivity contribution is -0.113. The van der Waals surface area contributed by atoms with Gasteiger partial charge in [0, 0.05) is 17.3 Å². The summed E-state index contributed by atoms with van der Waals surface area (Å²) in [5.41, 5.74) is 3.97. The van der Waals surface area contributed by atoms with Crippen LogP contribution >= 0.6 is 12.2 Å². The van der Waals surface area contributed by atoms with E-state index in [1.807, 2.05) is 66.9 Å². The number of halogens is 1. The molecule has 1 aliphatic heterocycles. The van der Waals surface area contributed by atoms with E-state index in [1.165, 1.54) is 17.0 Å². The zero-order valence-corrected chi connectivity index (χ0v) is 17.6. The monoisotopic (exact) mass is 440 g/mol. The number of para-hydroxylation sites is 2. The quantitative estimate of drug-likeness (QED) is 0.361. The van der Waals surface area contributed by atoms with Crippen LogP contribution in [0.5, 0.6) is 0 Å². The van der Waals surface area contributed by atoms with Gasteiger partial charge in [-0.3, -0.25) is 9.69 Å². The molecule has 2 heterocycles. The Kier molecular flexibility index (Phi) is 5.09. The van der Waals surface area contributed by atoms with Gasteiger partial charge in [-0.2, -0.15) is 5.10 Å². The molecule has 1 saturated heterocycles. The molecular formula is C25H17FN4OS. The van der Waals surface area contributed by atoms with Gasteiger partial charge in [-0.15, -0.1) is 0 Å². The highest BCUT2D eigenvalue weighted by atomic mass is 32.1. The third-order valence-electron chi connectivity index (χ3n) is 5.07. The number of rotatable bonds is 4. The van der Waals surface area contributed by atoms with Gasteiger partial charge in [0.1, 0.15) is 17.2 Å². The maximum atomic E-state index is 13.5.